The van der Waals surface area contributed by atoms with Crippen molar-refractivity contribution in [3.63, 3.8) is 0 Å². The van der Waals surface area contributed by atoms with Crippen LogP contribution in [0.4, 0.5) is 0 Å². The number of carboxylic acids is 1. The predicted octanol–water partition coefficient (Wildman–Crippen LogP) is 2.38. The highest BCUT2D eigenvalue weighted by molar-refractivity contribution is 5.91. The first-order valence-corrected chi connectivity index (χ1v) is 7.83. The molecular weight excluding hydrogens is 290 g/mol. The van der Waals surface area contributed by atoms with Crippen LogP contribution < -0.4 is 5.32 Å². The van der Waals surface area contributed by atoms with E-state index in [4.69, 9.17) is 0 Å². The minimum absolute atomic E-state index is 0.101. The molecule has 4 rings (SSSR count). The summed E-state index contributed by atoms with van der Waals surface area (Å²) >= 11 is 0. The third-order valence-corrected chi connectivity index (χ3v) is 4.96. The molecule has 3 unspecified atom stereocenters. The minimum atomic E-state index is -0.995. The molecule has 0 aliphatic heterocycles. The Hall–Kier alpha value is -2.62. The van der Waals surface area contributed by atoms with Gasteiger partial charge < -0.3 is 10.4 Å². The molecule has 4 nitrogen and oxygen atoms in total. The summed E-state index contributed by atoms with van der Waals surface area (Å²) in [5.41, 5.74) is 3.51. The Morgan fingerprint density at radius 3 is 2.65 bits per heavy atom. The topological polar surface area (TPSA) is 66.4 Å². The third kappa shape index (κ3) is 2.40. The number of nitrogens with one attached hydrogen (secondary N) is 1. The summed E-state index contributed by atoms with van der Waals surface area (Å²) in [6.07, 6.45) is 1.14. The molecule has 4 heteroatoms. The Balaban J connectivity index is 1.43. The molecule has 0 bridgehead atoms. The van der Waals surface area contributed by atoms with Crippen LogP contribution in [0.25, 0.3) is 0 Å². The minimum Gasteiger partial charge on any atom is -0.478 e. The highest BCUT2D eigenvalue weighted by Crippen LogP contribution is 2.56. The van der Waals surface area contributed by atoms with Gasteiger partial charge >= 0.3 is 5.97 Å². The summed E-state index contributed by atoms with van der Waals surface area (Å²) in [6, 6.07) is 15.3. The summed E-state index contributed by atoms with van der Waals surface area (Å²) in [4.78, 5) is 23.5. The Bertz CT molecular complexity index is 799. The molecule has 2 N–H and O–H groups in total. The third-order valence-electron chi connectivity index (χ3n) is 4.96. The summed E-state index contributed by atoms with van der Waals surface area (Å²) in [6.45, 7) is 0. The van der Waals surface area contributed by atoms with Gasteiger partial charge in [0, 0.05) is 12.0 Å². The zero-order valence-corrected chi connectivity index (χ0v) is 12.5. The van der Waals surface area contributed by atoms with Crippen LogP contribution in [0.5, 0.6) is 0 Å². The lowest BCUT2D eigenvalue weighted by molar-refractivity contribution is -0.120. The summed E-state index contributed by atoms with van der Waals surface area (Å²) in [5.74, 6) is -0.155. The molecule has 0 aromatic heterocycles. The fraction of sp³-hybridized carbons (Fsp3) is 0.263. The van der Waals surface area contributed by atoms with E-state index in [2.05, 4.69) is 23.5 Å². The molecule has 2 aliphatic rings. The number of hydrogen-bond acceptors (Lipinski definition) is 2. The quantitative estimate of drug-likeness (QED) is 0.911. The van der Waals surface area contributed by atoms with Gasteiger partial charge in [0.05, 0.1) is 12.0 Å². The van der Waals surface area contributed by atoms with Crippen LogP contribution in [0.15, 0.2) is 48.5 Å². The number of amides is 1. The lowest BCUT2D eigenvalue weighted by atomic mass is 10.0. The van der Waals surface area contributed by atoms with Crippen LogP contribution in [0.3, 0.4) is 0 Å². The number of aromatic carboxylic acids is 1. The maximum Gasteiger partial charge on any atom is 0.335 e. The lowest BCUT2D eigenvalue weighted by Gasteiger charge is -2.10. The molecule has 0 radical (unpaired) electrons. The fourth-order valence-corrected chi connectivity index (χ4v) is 3.84. The molecule has 2 aliphatic carbocycles. The van der Waals surface area contributed by atoms with Gasteiger partial charge in [-0.25, -0.2) is 4.79 Å². The van der Waals surface area contributed by atoms with Crippen molar-refractivity contribution in [1.29, 1.82) is 0 Å². The maximum atomic E-state index is 12.3. The number of carboxylic acid groups (broad SMARTS) is 1. The molecule has 3 atom stereocenters. The van der Waals surface area contributed by atoms with Crippen LogP contribution in [-0.4, -0.2) is 23.0 Å². The van der Waals surface area contributed by atoms with Gasteiger partial charge in [-0.1, -0.05) is 42.5 Å². The molecule has 1 fully saturated rings. The van der Waals surface area contributed by atoms with E-state index in [9.17, 15) is 14.7 Å². The second-order valence-corrected chi connectivity index (χ2v) is 6.32. The van der Waals surface area contributed by atoms with Gasteiger partial charge in [-0.15, -0.1) is 0 Å². The van der Waals surface area contributed by atoms with Crippen LogP contribution in [0.1, 0.15) is 33.0 Å². The van der Waals surface area contributed by atoms with Gasteiger partial charge in [0.1, 0.15) is 0 Å². The summed E-state index contributed by atoms with van der Waals surface area (Å²) in [5, 5.41) is 12.3. The van der Waals surface area contributed by atoms with Crippen molar-refractivity contribution >= 4 is 11.9 Å². The van der Waals surface area contributed by atoms with Gasteiger partial charge in [0.15, 0.2) is 0 Å². The monoisotopic (exact) mass is 307 g/mol. The van der Waals surface area contributed by atoms with Gasteiger partial charge in [0.25, 0.3) is 0 Å². The normalized spacial score (nSPS) is 23.7. The summed E-state index contributed by atoms with van der Waals surface area (Å²) in [7, 11) is 0. The second kappa shape index (κ2) is 5.23. The Morgan fingerprint density at radius 1 is 1.09 bits per heavy atom. The van der Waals surface area contributed by atoms with E-state index in [1.54, 1.807) is 18.2 Å². The largest absolute Gasteiger partial charge is 0.478 e. The number of benzene rings is 2. The van der Waals surface area contributed by atoms with Gasteiger partial charge in [0.2, 0.25) is 5.91 Å². The molecule has 23 heavy (non-hydrogen) atoms. The second-order valence-electron chi connectivity index (χ2n) is 6.32. The molecule has 0 saturated heterocycles. The van der Waals surface area contributed by atoms with E-state index in [0.717, 1.165) is 6.42 Å². The smallest absolute Gasteiger partial charge is 0.335 e. The van der Waals surface area contributed by atoms with Crippen molar-refractivity contribution in [2.75, 3.05) is 0 Å². The molecular formula is C19H17NO3. The number of hydrogen-bond donors (Lipinski definition) is 2. The van der Waals surface area contributed by atoms with Crippen LogP contribution in [-0.2, 0) is 17.6 Å². The Labute approximate surface area is 134 Å². The molecule has 1 saturated carbocycles. The molecule has 2 aromatic carbocycles. The van der Waals surface area contributed by atoms with Crippen LogP contribution in [0, 0.1) is 5.92 Å². The van der Waals surface area contributed by atoms with Gasteiger partial charge in [-0.3, -0.25) is 4.79 Å². The van der Waals surface area contributed by atoms with E-state index < -0.39 is 5.97 Å². The lowest BCUT2D eigenvalue weighted by Crippen LogP contribution is -2.30. The number of carbonyl (C=O) groups is 2. The SMILES string of the molecule is O=C(Cc1ccccc1C(=O)O)NC1C2Cc3ccccc3C21. The van der Waals surface area contributed by atoms with Crippen LogP contribution >= 0.6 is 0 Å². The van der Waals surface area contributed by atoms with E-state index >= 15 is 0 Å². The first kappa shape index (κ1) is 14.0. The average Bonchev–Trinajstić information content (AvgIpc) is 3.04. The van der Waals surface area contributed by atoms with E-state index in [1.165, 1.54) is 17.2 Å². The van der Waals surface area contributed by atoms with Crippen molar-refractivity contribution < 1.29 is 14.7 Å². The number of fused-ring (bicyclic) bond motifs is 3. The molecule has 2 aromatic rings. The Morgan fingerprint density at radius 2 is 1.83 bits per heavy atom. The predicted molar refractivity (Wildman–Crippen MR) is 85.4 cm³/mol. The van der Waals surface area contributed by atoms with Gasteiger partial charge in [-0.05, 0) is 35.1 Å². The molecule has 0 spiro atoms. The zero-order valence-electron chi connectivity index (χ0n) is 12.5. The Kier molecular flexibility index (Phi) is 3.18. The highest BCUT2D eigenvalue weighted by Gasteiger charge is 2.56. The van der Waals surface area contributed by atoms with Crippen molar-refractivity contribution in [1.82, 2.24) is 5.32 Å². The first-order valence-electron chi connectivity index (χ1n) is 7.83. The maximum absolute atomic E-state index is 12.3. The van der Waals surface area contributed by atoms with Crippen molar-refractivity contribution in [3.8, 4) is 0 Å². The van der Waals surface area contributed by atoms with E-state index in [-0.39, 0.29) is 23.9 Å². The first-order chi connectivity index (χ1) is 11.1. The average molecular weight is 307 g/mol. The van der Waals surface area contributed by atoms with Gasteiger partial charge in [-0.2, -0.15) is 0 Å². The standard InChI is InChI=1S/C19H17NO3/c21-16(10-12-6-2-4-8-14(12)19(22)23)20-18-15-9-11-5-1-3-7-13(11)17(15)18/h1-8,15,17-18H,9-10H2,(H,20,21)(H,22,23). The van der Waals surface area contributed by atoms with Crippen molar-refractivity contribution in [2.45, 2.75) is 24.8 Å². The van der Waals surface area contributed by atoms with Crippen LogP contribution in [0.2, 0.25) is 0 Å². The van der Waals surface area contributed by atoms with Crippen molar-refractivity contribution in [3.05, 3.63) is 70.8 Å². The molecule has 1 amide bonds. The van der Waals surface area contributed by atoms with Crippen molar-refractivity contribution in [2.24, 2.45) is 5.92 Å². The van der Waals surface area contributed by atoms with E-state index in [1.807, 2.05) is 6.07 Å². The van der Waals surface area contributed by atoms with E-state index in [0.29, 0.717) is 17.4 Å². The molecule has 0 heterocycles. The molecule has 116 valence electrons. The summed E-state index contributed by atoms with van der Waals surface area (Å²) < 4.78 is 0. The number of rotatable bonds is 4. The fourth-order valence-electron chi connectivity index (χ4n) is 3.84. The zero-order chi connectivity index (χ0) is 16.0. The highest BCUT2D eigenvalue weighted by atomic mass is 16.4. The number of carbonyl (C=O) groups excluding carboxylic acids is 1.